The fourth-order valence-corrected chi connectivity index (χ4v) is 2.87. The molecule has 0 radical (unpaired) electrons. The zero-order valence-electron chi connectivity index (χ0n) is 11.6. The molecule has 1 aromatic carbocycles. The van der Waals surface area contributed by atoms with Gasteiger partial charge in [-0.1, -0.05) is 31.4 Å². The highest BCUT2D eigenvalue weighted by atomic mass is 16.5. The van der Waals surface area contributed by atoms with Gasteiger partial charge in [0.25, 0.3) is 0 Å². The molecule has 0 atom stereocenters. The second-order valence-corrected chi connectivity index (χ2v) is 5.30. The molecule has 0 unspecified atom stereocenters. The lowest BCUT2D eigenvalue weighted by Crippen LogP contribution is -2.41. The first-order valence-electron chi connectivity index (χ1n) is 6.96. The summed E-state index contributed by atoms with van der Waals surface area (Å²) in [5, 5.41) is 12.1. The summed E-state index contributed by atoms with van der Waals surface area (Å²) in [7, 11) is 1.64. The number of ether oxygens (including phenoxy) is 1. The van der Waals surface area contributed by atoms with Gasteiger partial charge in [0.05, 0.1) is 12.6 Å². The summed E-state index contributed by atoms with van der Waals surface area (Å²) < 4.78 is 7.10. The fourth-order valence-electron chi connectivity index (χ4n) is 2.87. The number of benzene rings is 1. The smallest absolute Gasteiger partial charge is 0.176 e. The first-order valence-corrected chi connectivity index (χ1v) is 6.96. The van der Waals surface area contributed by atoms with Crippen LogP contribution < -0.4 is 10.5 Å². The number of aromatic nitrogens is 4. The Balaban J connectivity index is 2.06. The zero-order valence-corrected chi connectivity index (χ0v) is 11.6. The van der Waals surface area contributed by atoms with Gasteiger partial charge in [0.1, 0.15) is 11.4 Å². The lowest BCUT2D eigenvalue weighted by molar-refractivity contribution is 0.281. The third-order valence-electron chi connectivity index (χ3n) is 3.97. The van der Waals surface area contributed by atoms with Gasteiger partial charge in [-0.05, 0) is 35.4 Å². The van der Waals surface area contributed by atoms with Crippen molar-refractivity contribution in [3.05, 3.63) is 30.1 Å². The van der Waals surface area contributed by atoms with Crippen LogP contribution in [0.2, 0.25) is 0 Å². The van der Waals surface area contributed by atoms with Crippen LogP contribution in [-0.2, 0) is 5.54 Å². The van der Waals surface area contributed by atoms with Gasteiger partial charge in [-0.15, -0.1) is 5.10 Å². The molecular weight excluding hydrogens is 254 g/mol. The molecule has 6 heteroatoms. The van der Waals surface area contributed by atoms with Crippen molar-refractivity contribution in [1.29, 1.82) is 0 Å². The van der Waals surface area contributed by atoms with Crippen molar-refractivity contribution in [1.82, 2.24) is 20.2 Å². The number of methoxy groups -OCH3 is 1. The van der Waals surface area contributed by atoms with E-state index >= 15 is 0 Å². The van der Waals surface area contributed by atoms with Crippen LogP contribution in [0, 0.1) is 0 Å². The Morgan fingerprint density at radius 2 is 1.95 bits per heavy atom. The second-order valence-electron chi connectivity index (χ2n) is 5.30. The lowest BCUT2D eigenvalue weighted by atomic mass is 9.82. The molecule has 106 valence electrons. The molecule has 3 rings (SSSR count). The monoisotopic (exact) mass is 273 g/mol. The van der Waals surface area contributed by atoms with Crippen molar-refractivity contribution in [2.75, 3.05) is 7.11 Å². The molecule has 6 nitrogen and oxygen atoms in total. The number of hydrogen-bond acceptors (Lipinski definition) is 5. The number of tetrazole rings is 1. The number of para-hydroxylation sites is 2. The minimum atomic E-state index is -0.442. The van der Waals surface area contributed by atoms with E-state index in [1.807, 2.05) is 24.3 Å². The molecule has 1 aliphatic rings. The maximum absolute atomic E-state index is 6.55. The molecule has 0 aliphatic heterocycles. The normalized spacial score (nSPS) is 17.9. The third-order valence-corrected chi connectivity index (χ3v) is 3.97. The van der Waals surface area contributed by atoms with E-state index in [0.29, 0.717) is 0 Å². The predicted octanol–water partition coefficient (Wildman–Crippen LogP) is 1.79. The Kier molecular flexibility index (Phi) is 3.40. The lowest BCUT2D eigenvalue weighted by Gasteiger charge is -2.31. The van der Waals surface area contributed by atoms with Crippen LogP contribution >= 0.6 is 0 Å². The molecule has 0 amide bonds. The highest BCUT2D eigenvalue weighted by Gasteiger charge is 2.35. The van der Waals surface area contributed by atoms with Gasteiger partial charge in [0.15, 0.2) is 5.82 Å². The Hall–Kier alpha value is -1.95. The molecule has 2 N–H and O–H groups in total. The van der Waals surface area contributed by atoms with E-state index in [1.165, 1.54) is 6.42 Å². The summed E-state index contributed by atoms with van der Waals surface area (Å²) in [6.45, 7) is 0. The van der Waals surface area contributed by atoms with E-state index in [-0.39, 0.29) is 0 Å². The molecule has 1 heterocycles. The maximum atomic E-state index is 6.55. The van der Waals surface area contributed by atoms with Gasteiger partial charge in [-0.3, -0.25) is 0 Å². The standard InChI is InChI=1S/C14H19N5O/c1-20-12-8-4-3-7-11(12)19-13(16-17-18-19)14(15)9-5-2-6-10-14/h3-4,7-8H,2,5-6,9-10,15H2,1H3. The highest BCUT2D eigenvalue weighted by Crippen LogP contribution is 2.35. The van der Waals surface area contributed by atoms with Crippen LogP contribution in [0.3, 0.4) is 0 Å². The highest BCUT2D eigenvalue weighted by molar-refractivity contribution is 5.46. The molecule has 20 heavy (non-hydrogen) atoms. The first kappa shape index (κ1) is 13.1. The zero-order chi connectivity index (χ0) is 14.0. The average molecular weight is 273 g/mol. The summed E-state index contributed by atoms with van der Waals surface area (Å²) in [5.74, 6) is 1.46. The summed E-state index contributed by atoms with van der Waals surface area (Å²) in [4.78, 5) is 0. The van der Waals surface area contributed by atoms with Crippen LogP contribution in [-0.4, -0.2) is 27.3 Å². The van der Waals surface area contributed by atoms with E-state index in [0.717, 1.165) is 42.9 Å². The third kappa shape index (κ3) is 2.16. The summed E-state index contributed by atoms with van der Waals surface area (Å²) in [6, 6.07) is 7.69. The second kappa shape index (κ2) is 5.20. The Morgan fingerprint density at radius 3 is 2.70 bits per heavy atom. The number of rotatable bonds is 3. The SMILES string of the molecule is COc1ccccc1-n1nnnc1C1(N)CCCCC1. The van der Waals surface area contributed by atoms with Crippen molar-refractivity contribution in [3.8, 4) is 11.4 Å². The van der Waals surface area contributed by atoms with Crippen molar-refractivity contribution in [2.24, 2.45) is 5.73 Å². The van der Waals surface area contributed by atoms with Crippen LogP contribution in [0.15, 0.2) is 24.3 Å². The molecule has 2 aromatic rings. The topological polar surface area (TPSA) is 78.8 Å². The van der Waals surface area contributed by atoms with Crippen LogP contribution in [0.5, 0.6) is 5.75 Å². The van der Waals surface area contributed by atoms with E-state index in [1.54, 1.807) is 11.8 Å². The van der Waals surface area contributed by atoms with E-state index < -0.39 is 5.54 Å². The number of nitrogens with two attached hydrogens (primary N) is 1. The van der Waals surface area contributed by atoms with Gasteiger partial charge in [0.2, 0.25) is 0 Å². The van der Waals surface area contributed by atoms with Gasteiger partial charge >= 0.3 is 0 Å². The molecule has 0 bridgehead atoms. The van der Waals surface area contributed by atoms with Crippen molar-refractivity contribution in [2.45, 2.75) is 37.6 Å². The van der Waals surface area contributed by atoms with Gasteiger partial charge < -0.3 is 10.5 Å². The molecular formula is C14H19N5O. The fraction of sp³-hybridized carbons (Fsp3) is 0.500. The summed E-state index contributed by atoms with van der Waals surface area (Å²) in [6.07, 6.45) is 5.31. The minimum absolute atomic E-state index is 0.442. The van der Waals surface area contributed by atoms with E-state index in [9.17, 15) is 0 Å². The van der Waals surface area contributed by atoms with Gasteiger partial charge in [-0.25, -0.2) is 0 Å². The summed E-state index contributed by atoms with van der Waals surface area (Å²) >= 11 is 0. The van der Waals surface area contributed by atoms with E-state index in [2.05, 4.69) is 15.5 Å². The summed E-state index contributed by atoms with van der Waals surface area (Å²) in [5.41, 5.74) is 6.93. The molecule has 1 saturated carbocycles. The van der Waals surface area contributed by atoms with Gasteiger partial charge in [0, 0.05) is 0 Å². The Labute approximate surface area is 117 Å². The number of nitrogens with zero attached hydrogens (tertiary/aromatic N) is 4. The first-order chi connectivity index (χ1) is 9.74. The maximum Gasteiger partial charge on any atom is 0.176 e. The quantitative estimate of drug-likeness (QED) is 0.922. The molecule has 1 aliphatic carbocycles. The molecule has 1 aromatic heterocycles. The van der Waals surface area contributed by atoms with Crippen molar-refractivity contribution >= 4 is 0 Å². The average Bonchev–Trinajstić information content (AvgIpc) is 2.98. The largest absolute Gasteiger partial charge is 0.494 e. The molecule has 0 spiro atoms. The van der Waals surface area contributed by atoms with Crippen molar-refractivity contribution < 1.29 is 4.74 Å². The van der Waals surface area contributed by atoms with Gasteiger partial charge in [-0.2, -0.15) is 4.68 Å². The number of hydrogen-bond donors (Lipinski definition) is 1. The van der Waals surface area contributed by atoms with Crippen LogP contribution in [0.1, 0.15) is 37.9 Å². The minimum Gasteiger partial charge on any atom is -0.494 e. The van der Waals surface area contributed by atoms with Crippen LogP contribution in [0.25, 0.3) is 5.69 Å². The molecule has 0 saturated heterocycles. The molecule has 1 fully saturated rings. The van der Waals surface area contributed by atoms with Crippen molar-refractivity contribution in [3.63, 3.8) is 0 Å². The Morgan fingerprint density at radius 1 is 1.20 bits per heavy atom. The Bertz CT molecular complexity index is 589. The van der Waals surface area contributed by atoms with Crippen LogP contribution in [0.4, 0.5) is 0 Å². The van der Waals surface area contributed by atoms with E-state index in [4.69, 9.17) is 10.5 Å². The predicted molar refractivity (Wildman–Crippen MR) is 74.7 cm³/mol.